The summed E-state index contributed by atoms with van der Waals surface area (Å²) in [6, 6.07) is 12.7. The van der Waals surface area contributed by atoms with Crippen molar-refractivity contribution in [1.29, 1.82) is 0 Å². The molecule has 2 rings (SSSR count). The van der Waals surface area contributed by atoms with Crippen LogP contribution in [0.15, 0.2) is 42.5 Å². The fourth-order valence-electron chi connectivity index (χ4n) is 2.06. The van der Waals surface area contributed by atoms with Gasteiger partial charge in [-0.1, -0.05) is 26.0 Å². The third-order valence-electron chi connectivity index (χ3n) is 3.07. The molecule has 0 aromatic heterocycles. The van der Waals surface area contributed by atoms with Gasteiger partial charge in [0.15, 0.2) is 0 Å². The summed E-state index contributed by atoms with van der Waals surface area (Å²) >= 11 is 0. The molecule has 20 heavy (non-hydrogen) atoms. The quantitative estimate of drug-likeness (QED) is 0.868. The molecular formula is C17H20FNO. The predicted octanol–water partition coefficient (Wildman–Crippen LogP) is 4.46. The van der Waals surface area contributed by atoms with Crippen molar-refractivity contribution in [2.45, 2.75) is 26.3 Å². The van der Waals surface area contributed by atoms with E-state index in [1.54, 1.807) is 0 Å². The predicted molar refractivity (Wildman–Crippen MR) is 79.8 cm³/mol. The molecule has 0 saturated carbocycles. The van der Waals surface area contributed by atoms with Gasteiger partial charge in [-0.3, -0.25) is 0 Å². The van der Waals surface area contributed by atoms with Crippen molar-refractivity contribution in [1.82, 2.24) is 5.32 Å². The van der Waals surface area contributed by atoms with Crippen molar-refractivity contribution in [3.63, 3.8) is 0 Å². The number of halogens is 1. The summed E-state index contributed by atoms with van der Waals surface area (Å²) in [7, 11) is 1.83. The van der Waals surface area contributed by atoms with Gasteiger partial charge in [0, 0.05) is 12.6 Å². The summed E-state index contributed by atoms with van der Waals surface area (Å²) in [5, 5.41) is 3.00. The van der Waals surface area contributed by atoms with E-state index in [4.69, 9.17) is 4.74 Å². The Morgan fingerprint density at radius 1 is 1.10 bits per heavy atom. The Morgan fingerprint density at radius 2 is 1.90 bits per heavy atom. The van der Waals surface area contributed by atoms with Gasteiger partial charge >= 0.3 is 0 Å². The summed E-state index contributed by atoms with van der Waals surface area (Å²) < 4.78 is 19.3. The molecule has 0 fully saturated rings. The molecule has 1 N–H and O–H groups in total. The Kier molecular flexibility index (Phi) is 4.74. The second kappa shape index (κ2) is 6.53. The first-order valence-electron chi connectivity index (χ1n) is 6.80. The second-order valence-electron chi connectivity index (χ2n) is 5.15. The van der Waals surface area contributed by atoms with Crippen LogP contribution in [0.25, 0.3) is 0 Å². The molecular weight excluding hydrogens is 253 g/mol. The van der Waals surface area contributed by atoms with E-state index in [1.807, 2.05) is 31.3 Å². The van der Waals surface area contributed by atoms with E-state index in [2.05, 4.69) is 25.2 Å². The number of nitrogens with one attached hydrogen (secondary N) is 1. The first-order chi connectivity index (χ1) is 9.58. The zero-order valence-electron chi connectivity index (χ0n) is 12.1. The fourth-order valence-corrected chi connectivity index (χ4v) is 2.06. The van der Waals surface area contributed by atoms with Crippen LogP contribution in [0, 0.1) is 5.82 Å². The Labute approximate surface area is 119 Å². The number of hydrogen-bond donors (Lipinski definition) is 1. The van der Waals surface area contributed by atoms with Gasteiger partial charge < -0.3 is 10.1 Å². The van der Waals surface area contributed by atoms with Crippen molar-refractivity contribution in [2.24, 2.45) is 0 Å². The van der Waals surface area contributed by atoms with Gasteiger partial charge in [-0.2, -0.15) is 0 Å². The lowest BCUT2D eigenvalue weighted by molar-refractivity contribution is 0.474. The highest BCUT2D eigenvalue weighted by atomic mass is 19.1. The molecule has 0 saturated heterocycles. The summed E-state index contributed by atoms with van der Waals surface area (Å²) in [5.41, 5.74) is 2.07. The zero-order valence-corrected chi connectivity index (χ0v) is 12.1. The van der Waals surface area contributed by atoms with E-state index in [9.17, 15) is 4.39 Å². The molecule has 0 unspecified atom stereocenters. The molecule has 0 amide bonds. The highest BCUT2D eigenvalue weighted by Crippen LogP contribution is 2.26. The molecule has 2 aromatic rings. The van der Waals surface area contributed by atoms with Crippen molar-refractivity contribution in [2.75, 3.05) is 7.05 Å². The summed E-state index contributed by atoms with van der Waals surface area (Å²) in [6.45, 7) is 4.87. The molecule has 0 radical (unpaired) electrons. The Balaban J connectivity index is 2.23. The first kappa shape index (κ1) is 14.5. The molecule has 106 valence electrons. The van der Waals surface area contributed by atoms with Crippen LogP contribution < -0.4 is 10.1 Å². The molecule has 0 aliphatic rings. The summed E-state index contributed by atoms with van der Waals surface area (Å²) in [6.07, 6.45) is 0. The van der Waals surface area contributed by atoms with Gasteiger partial charge in [0.1, 0.15) is 17.3 Å². The molecule has 3 heteroatoms. The highest BCUT2D eigenvalue weighted by Gasteiger charge is 2.05. The summed E-state index contributed by atoms with van der Waals surface area (Å²) in [5.74, 6) is 1.41. The molecule has 0 bridgehead atoms. The number of rotatable bonds is 5. The van der Waals surface area contributed by atoms with E-state index >= 15 is 0 Å². The van der Waals surface area contributed by atoms with Crippen LogP contribution in [0.5, 0.6) is 11.5 Å². The SMILES string of the molecule is CNCc1cc(F)cc(Oc2cccc(C(C)C)c2)c1. The lowest BCUT2D eigenvalue weighted by Gasteiger charge is -2.11. The third kappa shape index (κ3) is 3.81. The smallest absolute Gasteiger partial charge is 0.130 e. The average Bonchev–Trinajstić information content (AvgIpc) is 2.38. The second-order valence-corrected chi connectivity index (χ2v) is 5.15. The Morgan fingerprint density at radius 3 is 2.60 bits per heavy atom. The topological polar surface area (TPSA) is 21.3 Å². The van der Waals surface area contributed by atoms with Crippen LogP contribution in [0.3, 0.4) is 0 Å². The Bertz CT molecular complexity index is 581. The minimum atomic E-state index is -0.284. The Hall–Kier alpha value is -1.87. The molecule has 2 aromatic carbocycles. The fraction of sp³-hybridized carbons (Fsp3) is 0.294. The van der Waals surface area contributed by atoms with E-state index in [0.29, 0.717) is 18.2 Å². The van der Waals surface area contributed by atoms with Crippen LogP contribution in [0.4, 0.5) is 4.39 Å². The van der Waals surface area contributed by atoms with Crippen LogP contribution in [-0.2, 0) is 6.54 Å². The summed E-state index contributed by atoms with van der Waals surface area (Å²) in [4.78, 5) is 0. The lowest BCUT2D eigenvalue weighted by Crippen LogP contribution is -2.05. The maximum absolute atomic E-state index is 13.6. The van der Waals surface area contributed by atoms with Crippen molar-refractivity contribution in [3.05, 3.63) is 59.4 Å². The molecule has 2 nitrogen and oxygen atoms in total. The molecule has 0 aliphatic carbocycles. The van der Waals surface area contributed by atoms with Crippen molar-refractivity contribution >= 4 is 0 Å². The molecule has 0 aliphatic heterocycles. The van der Waals surface area contributed by atoms with Crippen molar-refractivity contribution in [3.8, 4) is 11.5 Å². The maximum atomic E-state index is 13.6. The monoisotopic (exact) mass is 273 g/mol. The number of hydrogen-bond acceptors (Lipinski definition) is 2. The van der Waals surface area contributed by atoms with E-state index in [1.165, 1.54) is 17.7 Å². The largest absolute Gasteiger partial charge is 0.457 e. The number of benzene rings is 2. The lowest BCUT2D eigenvalue weighted by atomic mass is 10.0. The minimum absolute atomic E-state index is 0.284. The number of ether oxygens (including phenoxy) is 1. The van der Waals surface area contributed by atoms with Crippen LogP contribution in [0.2, 0.25) is 0 Å². The highest BCUT2D eigenvalue weighted by molar-refractivity contribution is 5.37. The van der Waals surface area contributed by atoms with Crippen LogP contribution >= 0.6 is 0 Å². The average molecular weight is 273 g/mol. The molecule has 0 atom stereocenters. The van der Waals surface area contributed by atoms with E-state index in [-0.39, 0.29) is 5.82 Å². The van der Waals surface area contributed by atoms with Crippen molar-refractivity contribution < 1.29 is 9.13 Å². The van der Waals surface area contributed by atoms with Gasteiger partial charge in [-0.25, -0.2) is 4.39 Å². The van der Waals surface area contributed by atoms with Gasteiger partial charge in [0.05, 0.1) is 0 Å². The zero-order chi connectivity index (χ0) is 14.5. The van der Waals surface area contributed by atoms with Gasteiger partial charge in [0.2, 0.25) is 0 Å². The third-order valence-corrected chi connectivity index (χ3v) is 3.07. The van der Waals surface area contributed by atoms with Crippen LogP contribution in [-0.4, -0.2) is 7.05 Å². The maximum Gasteiger partial charge on any atom is 0.130 e. The van der Waals surface area contributed by atoms with Gasteiger partial charge in [0.25, 0.3) is 0 Å². The minimum Gasteiger partial charge on any atom is -0.457 e. The molecule has 0 spiro atoms. The van der Waals surface area contributed by atoms with Gasteiger partial charge in [-0.15, -0.1) is 0 Å². The first-order valence-corrected chi connectivity index (χ1v) is 6.80. The van der Waals surface area contributed by atoms with Gasteiger partial charge in [-0.05, 0) is 48.4 Å². The standard InChI is InChI=1S/C17H20FNO/c1-12(2)14-5-4-6-16(9-14)20-17-8-13(11-19-3)7-15(18)10-17/h4-10,12,19H,11H2,1-3H3. The normalized spacial score (nSPS) is 10.8. The van der Waals surface area contributed by atoms with E-state index < -0.39 is 0 Å². The van der Waals surface area contributed by atoms with Crippen LogP contribution in [0.1, 0.15) is 30.9 Å². The van der Waals surface area contributed by atoms with E-state index in [0.717, 1.165) is 11.3 Å². The molecule has 0 heterocycles.